The van der Waals surface area contributed by atoms with Gasteiger partial charge in [0.2, 0.25) is 0 Å². The second-order valence-corrected chi connectivity index (χ2v) is 7.33. The fourth-order valence-electron chi connectivity index (χ4n) is 3.00. The normalized spacial score (nSPS) is 14.5. The molecule has 1 saturated heterocycles. The molecular weight excluding hydrogens is 368 g/mol. The number of benzene rings is 1. The van der Waals surface area contributed by atoms with Gasteiger partial charge in [-0.05, 0) is 30.3 Å². The molecule has 0 atom stereocenters. The van der Waals surface area contributed by atoms with Crippen LogP contribution in [-0.2, 0) is 0 Å². The molecule has 26 heavy (non-hydrogen) atoms. The highest BCUT2D eigenvalue weighted by atomic mass is 35.5. The van der Waals surface area contributed by atoms with Crippen molar-refractivity contribution in [2.45, 2.75) is 0 Å². The highest BCUT2D eigenvalue weighted by Gasteiger charge is 2.24. The highest BCUT2D eigenvalue weighted by molar-refractivity contribution is 7.13. The number of hydrogen-bond acceptors (Lipinski definition) is 5. The Labute approximate surface area is 160 Å². The van der Waals surface area contributed by atoms with E-state index in [1.165, 1.54) is 11.3 Å². The van der Waals surface area contributed by atoms with Gasteiger partial charge in [0.1, 0.15) is 10.7 Å². The largest absolute Gasteiger partial charge is 0.368 e. The minimum Gasteiger partial charge on any atom is -0.368 e. The number of hydrogen-bond donors (Lipinski definition) is 0. The van der Waals surface area contributed by atoms with E-state index in [1.54, 1.807) is 12.4 Å². The minimum atomic E-state index is -0.0119. The van der Waals surface area contributed by atoms with Crippen molar-refractivity contribution in [3.05, 3.63) is 64.9 Å². The van der Waals surface area contributed by atoms with Crippen molar-refractivity contribution >= 4 is 34.5 Å². The fraction of sp³-hybridized carbons (Fsp3) is 0.211. The van der Waals surface area contributed by atoms with Crippen LogP contribution in [0.3, 0.4) is 0 Å². The Morgan fingerprint density at radius 1 is 1.12 bits per heavy atom. The Morgan fingerprint density at radius 2 is 1.96 bits per heavy atom. The van der Waals surface area contributed by atoms with Crippen LogP contribution in [0.1, 0.15) is 10.5 Å². The topological polar surface area (TPSA) is 49.3 Å². The molecule has 1 aliphatic rings. The number of anilines is 1. The third-order valence-electron chi connectivity index (χ3n) is 4.37. The summed E-state index contributed by atoms with van der Waals surface area (Å²) in [5, 5.41) is 3.37. The number of halogens is 1. The van der Waals surface area contributed by atoms with Crippen LogP contribution in [0.2, 0.25) is 5.02 Å². The monoisotopic (exact) mass is 384 g/mol. The van der Waals surface area contributed by atoms with Crippen molar-refractivity contribution in [2.75, 3.05) is 31.1 Å². The summed E-state index contributed by atoms with van der Waals surface area (Å²) in [7, 11) is 0. The number of aromatic nitrogens is 2. The zero-order valence-electron chi connectivity index (χ0n) is 14.0. The maximum absolute atomic E-state index is 12.8. The molecule has 132 valence electrons. The van der Waals surface area contributed by atoms with E-state index in [4.69, 9.17) is 11.6 Å². The molecule has 5 nitrogen and oxygen atoms in total. The van der Waals surface area contributed by atoms with Crippen LogP contribution < -0.4 is 4.90 Å². The summed E-state index contributed by atoms with van der Waals surface area (Å²) in [4.78, 5) is 25.5. The Bertz CT molecular complexity index is 907. The minimum absolute atomic E-state index is 0.0119. The second kappa shape index (κ2) is 7.43. The van der Waals surface area contributed by atoms with Gasteiger partial charge in [-0.25, -0.2) is 4.98 Å². The summed E-state index contributed by atoms with van der Waals surface area (Å²) >= 11 is 7.54. The average molecular weight is 385 g/mol. The molecule has 2 aromatic heterocycles. The predicted molar refractivity (Wildman–Crippen MR) is 105 cm³/mol. The molecular formula is C19H17ClN4OS. The molecule has 3 heterocycles. The predicted octanol–water partition coefficient (Wildman–Crippen LogP) is 3.82. The van der Waals surface area contributed by atoms with Crippen molar-refractivity contribution in [1.29, 1.82) is 0 Å². The summed E-state index contributed by atoms with van der Waals surface area (Å²) < 4.78 is 0. The molecule has 1 aliphatic heterocycles. The zero-order chi connectivity index (χ0) is 17.9. The van der Waals surface area contributed by atoms with Crippen molar-refractivity contribution in [1.82, 2.24) is 14.9 Å². The molecule has 4 rings (SSSR count). The van der Waals surface area contributed by atoms with Crippen LogP contribution in [0.25, 0.3) is 10.6 Å². The molecule has 1 amide bonds. The number of nitrogens with zero attached hydrogens (tertiary/aromatic N) is 4. The number of carbonyl (C=O) groups is 1. The van der Waals surface area contributed by atoms with Crippen LogP contribution >= 0.6 is 22.9 Å². The first-order chi connectivity index (χ1) is 12.7. The number of carbonyl (C=O) groups excluding carboxylic acids is 1. The molecule has 0 unspecified atom stereocenters. The molecule has 0 radical (unpaired) electrons. The van der Waals surface area contributed by atoms with E-state index in [1.807, 2.05) is 46.7 Å². The Hall–Kier alpha value is -2.44. The zero-order valence-corrected chi connectivity index (χ0v) is 15.6. The Balaban J connectivity index is 1.42. The third kappa shape index (κ3) is 3.57. The summed E-state index contributed by atoms with van der Waals surface area (Å²) in [6.07, 6.45) is 3.49. The van der Waals surface area contributed by atoms with Crippen LogP contribution in [0, 0.1) is 0 Å². The van der Waals surface area contributed by atoms with Gasteiger partial charge in [-0.15, -0.1) is 11.3 Å². The van der Waals surface area contributed by atoms with E-state index in [2.05, 4.69) is 14.9 Å². The van der Waals surface area contributed by atoms with Crippen molar-refractivity contribution < 1.29 is 4.79 Å². The molecule has 0 N–H and O–H groups in total. The van der Waals surface area contributed by atoms with Crippen LogP contribution in [0.5, 0.6) is 0 Å². The molecule has 1 aromatic carbocycles. The fourth-order valence-corrected chi connectivity index (χ4v) is 3.97. The summed E-state index contributed by atoms with van der Waals surface area (Å²) in [5.74, 6) is -0.0119. The van der Waals surface area contributed by atoms with Crippen molar-refractivity contribution in [2.24, 2.45) is 0 Å². The number of piperazine rings is 1. The molecule has 0 spiro atoms. The first-order valence-electron chi connectivity index (χ1n) is 8.36. The lowest BCUT2D eigenvalue weighted by atomic mass is 10.2. The van der Waals surface area contributed by atoms with Gasteiger partial charge >= 0.3 is 0 Å². The number of amides is 1. The third-order valence-corrected chi connectivity index (χ3v) is 5.50. The smallest absolute Gasteiger partial charge is 0.273 e. The summed E-state index contributed by atoms with van der Waals surface area (Å²) in [6, 6.07) is 11.6. The lowest BCUT2D eigenvalue weighted by molar-refractivity contribution is 0.0742. The van der Waals surface area contributed by atoms with Gasteiger partial charge in [0, 0.05) is 60.2 Å². The Kier molecular flexibility index (Phi) is 4.86. The molecule has 0 saturated carbocycles. The molecule has 1 fully saturated rings. The van der Waals surface area contributed by atoms with Gasteiger partial charge in [-0.3, -0.25) is 9.78 Å². The lowest BCUT2D eigenvalue weighted by Crippen LogP contribution is -2.48. The lowest BCUT2D eigenvalue weighted by Gasteiger charge is -2.35. The van der Waals surface area contributed by atoms with Gasteiger partial charge in [0.05, 0.1) is 0 Å². The molecule has 0 bridgehead atoms. The van der Waals surface area contributed by atoms with Gasteiger partial charge in [0.25, 0.3) is 5.91 Å². The molecule has 7 heteroatoms. The van der Waals surface area contributed by atoms with Gasteiger partial charge in [0.15, 0.2) is 0 Å². The van der Waals surface area contributed by atoms with Crippen LogP contribution in [0.15, 0.2) is 54.2 Å². The van der Waals surface area contributed by atoms with Gasteiger partial charge in [-0.2, -0.15) is 0 Å². The SMILES string of the molecule is O=C(c1csc(-c2cccnc2)n1)N1CCN(c2cccc(Cl)c2)CC1. The molecule has 3 aromatic rings. The number of thiazole rings is 1. The van der Waals surface area contributed by atoms with Gasteiger partial charge in [-0.1, -0.05) is 17.7 Å². The van der Waals surface area contributed by atoms with E-state index >= 15 is 0 Å². The van der Waals surface area contributed by atoms with E-state index in [9.17, 15) is 4.79 Å². The van der Waals surface area contributed by atoms with E-state index in [0.717, 1.165) is 34.4 Å². The van der Waals surface area contributed by atoms with E-state index in [-0.39, 0.29) is 5.91 Å². The second-order valence-electron chi connectivity index (χ2n) is 6.04. The quantitative estimate of drug-likeness (QED) is 0.688. The number of rotatable bonds is 3. The average Bonchev–Trinajstić information content (AvgIpc) is 3.18. The standard InChI is InChI=1S/C19H17ClN4OS/c20-15-4-1-5-16(11-15)23-7-9-24(10-8-23)19(25)17-13-26-18(22-17)14-3-2-6-21-12-14/h1-6,11-13H,7-10H2. The first-order valence-corrected chi connectivity index (χ1v) is 9.62. The Morgan fingerprint density at radius 3 is 2.69 bits per heavy atom. The highest BCUT2D eigenvalue weighted by Crippen LogP contribution is 2.24. The summed E-state index contributed by atoms with van der Waals surface area (Å²) in [5.41, 5.74) is 2.53. The summed E-state index contributed by atoms with van der Waals surface area (Å²) in [6.45, 7) is 2.91. The van der Waals surface area contributed by atoms with E-state index < -0.39 is 0 Å². The maximum atomic E-state index is 12.8. The van der Waals surface area contributed by atoms with Crippen LogP contribution in [-0.4, -0.2) is 47.0 Å². The first kappa shape index (κ1) is 17.0. The maximum Gasteiger partial charge on any atom is 0.273 e. The van der Waals surface area contributed by atoms with Gasteiger partial charge < -0.3 is 9.80 Å². The molecule has 0 aliphatic carbocycles. The van der Waals surface area contributed by atoms with Crippen LogP contribution in [0.4, 0.5) is 5.69 Å². The van der Waals surface area contributed by atoms with Crippen molar-refractivity contribution in [3.63, 3.8) is 0 Å². The van der Waals surface area contributed by atoms with E-state index in [0.29, 0.717) is 18.8 Å². The van der Waals surface area contributed by atoms with Crippen molar-refractivity contribution in [3.8, 4) is 10.6 Å². The number of pyridine rings is 1.